The van der Waals surface area contributed by atoms with Crippen molar-refractivity contribution in [2.24, 2.45) is 5.92 Å². The van der Waals surface area contributed by atoms with Gasteiger partial charge in [-0.2, -0.15) is 0 Å². The van der Waals surface area contributed by atoms with Crippen molar-refractivity contribution < 1.29 is 9.84 Å². The van der Waals surface area contributed by atoms with E-state index in [2.05, 4.69) is 43.0 Å². The number of anilines is 1. The van der Waals surface area contributed by atoms with Crippen molar-refractivity contribution in [1.82, 2.24) is 0 Å². The van der Waals surface area contributed by atoms with Crippen LogP contribution < -0.4 is 4.90 Å². The van der Waals surface area contributed by atoms with Gasteiger partial charge in [0, 0.05) is 25.4 Å². The third kappa shape index (κ3) is 6.43. The lowest BCUT2D eigenvalue weighted by atomic mass is 10.2. The average Bonchev–Trinajstić information content (AvgIpc) is 2.56. The number of para-hydroxylation sites is 1. The molecular formula is C20H27NO2. The van der Waals surface area contributed by atoms with Crippen LogP contribution in [0.5, 0.6) is 0 Å². The first kappa shape index (κ1) is 17.5. The standard InChI is InChI=1S/C20H27NO2/c1-17(2)15-23-16-20(22)14-21(19-11-7-4-8-12-19)13-18-9-5-3-6-10-18/h3-12,17,20,22H,13-16H2,1-2H3/t20-/m0/s1. The fourth-order valence-corrected chi connectivity index (χ4v) is 2.45. The minimum atomic E-state index is -0.502. The molecule has 2 aromatic carbocycles. The zero-order valence-electron chi connectivity index (χ0n) is 14.1. The summed E-state index contributed by atoms with van der Waals surface area (Å²) >= 11 is 0. The van der Waals surface area contributed by atoms with E-state index in [0.717, 1.165) is 12.2 Å². The van der Waals surface area contributed by atoms with Gasteiger partial charge in [-0.15, -0.1) is 0 Å². The molecule has 124 valence electrons. The fraction of sp³-hybridized carbons (Fsp3) is 0.400. The maximum Gasteiger partial charge on any atom is 0.0948 e. The first-order chi connectivity index (χ1) is 11.1. The molecule has 0 fully saturated rings. The van der Waals surface area contributed by atoms with Gasteiger partial charge in [0.15, 0.2) is 0 Å². The number of rotatable bonds is 9. The van der Waals surface area contributed by atoms with Crippen molar-refractivity contribution in [2.75, 3.05) is 24.7 Å². The van der Waals surface area contributed by atoms with E-state index in [1.807, 2.05) is 36.4 Å². The fourth-order valence-electron chi connectivity index (χ4n) is 2.45. The Morgan fingerprint density at radius 1 is 0.913 bits per heavy atom. The Morgan fingerprint density at radius 2 is 1.52 bits per heavy atom. The molecule has 2 rings (SSSR count). The number of hydrogen-bond donors (Lipinski definition) is 1. The summed E-state index contributed by atoms with van der Waals surface area (Å²) in [5.41, 5.74) is 2.34. The van der Waals surface area contributed by atoms with Crippen molar-refractivity contribution >= 4 is 5.69 Å². The van der Waals surface area contributed by atoms with Crippen molar-refractivity contribution in [3.8, 4) is 0 Å². The highest BCUT2D eigenvalue weighted by molar-refractivity contribution is 5.46. The summed E-state index contributed by atoms with van der Waals surface area (Å²) in [6.07, 6.45) is -0.502. The van der Waals surface area contributed by atoms with E-state index < -0.39 is 6.10 Å². The van der Waals surface area contributed by atoms with Crippen LogP contribution in [0.25, 0.3) is 0 Å². The van der Waals surface area contributed by atoms with Crippen molar-refractivity contribution in [2.45, 2.75) is 26.5 Å². The van der Waals surface area contributed by atoms with E-state index in [-0.39, 0.29) is 0 Å². The molecule has 2 aromatic rings. The van der Waals surface area contributed by atoms with Crippen molar-refractivity contribution in [3.63, 3.8) is 0 Å². The third-order valence-corrected chi connectivity index (χ3v) is 3.53. The van der Waals surface area contributed by atoms with Gasteiger partial charge in [0.1, 0.15) is 0 Å². The number of ether oxygens (including phenoxy) is 1. The van der Waals surface area contributed by atoms with Crippen molar-refractivity contribution in [3.05, 3.63) is 66.2 Å². The van der Waals surface area contributed by atoms with Crippen LogP contribution in [0.1, 0.15) is 19.4 Å². The highest BCUT2D eigenvalue weighted by atomic mass is 16.5. The predicted octanol–water partition coefficient (Wildman–Crippen LogP) is 3.73. The zero-order chi connectivity index (χ0) is 16.5. The van der Waals surface area contributed by atoms with Crippen LogP contribution in [-0.2, 0) is 11.3 Å². The molecule has 0 spiro atoms. The van der Waals surface area contributed by atoms with Crippen LogP contribution in [0.3, 0.4) is 0 Å². The quantitative estimate of drug-likeness (QED) is 0.766. The van der Waals surface area contributed by atoms with Gasteiger partial charge in [-0.25, -0.2) is 0 Å². The van der Waals surface area contributed by atoms with E-state index in [1.165, 1.54) is 5.56 Å². The molecule has 0 saturated heterocycles. The van der Waals surface area contributed by atoms with E-state index in [0.29, 0.717) is 25.7 Å². The predicted molar refractivity (Wildman–Crippen MR) is 95.6 cm³/mol. The molecule has 0 aromatic heterocycles. The Hall–Kier alpha value is -1.84. The minimum absolute atomic E-state index is 0.371. The number of benzene rings is 2. The van der Waals surface area contributed by atoms with Crippen LogP contribution in [0.2, 0.25) is 0 Å². The second-order valence-electron chi connectivity index (χ2n) is 6.29. The lowest BCUT2D eigenvalue weighted by Gasteiger charge is -2.27. The molecule has 0 aliphatic heterocycles. The third-order valence-electron chi connectivity index (χ3n) is 3.53. The van der Waals surface area contributed by atoms with E-state index in [1.54, 1.807) is 0 Å². The van der Waals surface area contributed by atoms with Gasteiger partial charge in [-0.05, 0) is 23.6 Å². The number of aliphatic hydroxyl groups excluding tert-OH is 1. The largest absolute Gasteiger partial charge is 0.389 e. The van der Waals surface area contributed by atoms with Gasteiger partial charge < -0.3 is 14.7 Å². The van der Waals surface area contributed by atoms with Gasteiger partial charge in [0.25, 0.3) is 0 Å². The molecule has 0 amide bonds. The second-order valence-corrected chi connectivity index (χ2v) is 6.29. The van der Waals surface area contributed by atoms with E-state index in [4.69, 9.17) is 4.74 Å². The molecule has 0 unspecified atom stereocenters. The Bertz CT molecular complexity index is 542. The smallest absolute Gasteiger partial charge is 0.0948 e. The molecule has 0 radical (unpaired) electrons. The SMILES string of the molecule is CC(C)COC[C@@H](O)CN(Cc1ccccc1)c1ccccc1. The zero-order valence-corrected chi connectivity index (χ0v) is 14.1. The van der Waals surface area contributed by atoms with Gasteiger partial charge in [-0.3, -0.25) is 0 Å². The normalized spacial score (nSPS) is 12.3. The van der Waals surface area contributed by atoms with Gasteiger partial charge in [0.2, 0.25) is 0 Å². The minimum Gasteiger partial charge on any atom is -0.389 e. The van der Waals surface area contributed by atoms with Crippen LogP contribution in [0, 0.1) is 5.92 Å². The molecule has 0 aliphatic carbocycles. The monoisotopic (exact) mass is 313 g/mol. The molecule has 0 aliphatic rings. The molecule has 23 heavy (non-hydrogen) atoms. The maximum atomic E-state index is 10.3. The summed E-state index contributed by atoms with van der Waals surface area (Å²) in [6, 6.07) is 20.5. The summed E-state index contributed by atoms with van der Waals surface area (Å²) in [4.78, 5) is 2.19. The highest BCUT2D eigenvalue weighted by Crippen LogP contribution is 2.17. The Morgan fingerprint density at radius 3 is 2.13 bits per heavy atom. The Balaban J connectivity index is 1.99. The van der Waals surface area contributed by atoms with E-state index in [9.17, 15) is 5.11 Å². The molecule has 1 N–H and O–H groups in total. The number of hydrogen-bond acceptors (Lipinski definition) is 3. The Kier molecular flexibility index (Phi) is 7.11. The topological polar surface area (TPSA) is 32.7 Å². The summed E-state index contributed by atoms with van der Waals surface area (Å²) in [7, 11) is 0. The van der Waals surface area contributed by atoms with E-state index >= 15 is 0 Å². The lowest BCUT2D eigenvalue weighted by molar-refractivity contribution is 0.0289. The molecule has 0 saturated carbocycles. The molecule has 1 atom stereocenters. The lowest BCUT2D eigenvalue weighted by Crippen LogP contribution is -2.35. The molecule has 0 bridgehead atoms. The van der Waals surface area contributed by atoms with Gasteiger partial charge in [0.05, 0.1) is 12.7 Å². The summed E-state index contributed by atoms with van der Waals surface area (Å²) in [5, 5.41) is 10.3. The first-order valence-corrected chi connectivity index (χ1v) is 8.25. The summed E-state index contributed by atoms with van der Waals surface area (Å²) in [6.45, 7) is 6.59. The summed E-state index contributed by atoms with van der Waals surface area (Å²) < 4.78 is 5.57. The highest BCUT2D eigenvalue weighted by Gasteiger charge is 2.13. The molecule has 0 heterocycles. The van der Waals surface area contributed by atoms with Crippen LogP contribution in [-0.4, -0.2) is 31.0 Å². The summed E-state index contributed by atoms with van der Waals surface area (Å²) in [5.74, 6) is 0.483. The number of nitrogens with zero attached hydrogens (tertiary/aromatic N) is 1. The second kappa shape index (κ2) is 9.33. The molecule has 3 heteroatoms. The van der Waals surface area contributed by atoms with Crippen LogP contribution in [0.4, 0.5) is 5.69 Å². The molecule has 3 nitrogen and oxygen atoms in total. The average molecular weight is 313 g/mol. The van der Waals surface area contributed by atoms with Gasteiger partial charge in [-0.1, -0.05) is 62.4 Å². The first-order valence-electron chi connectivity index (χ1n) is 8.25. The van der Waals surface area contributed by atoms with Crippen LogP contribution >= 0.6 is 0 Å². The molecular weight excluding hydrogens is 286 g/mol. The Labute approximate surface area is 139 Å². The van der Waals surface area contributed by atoms with Gasteiger partial charge >= 0.3 is 0 Å². The van der Waals surface area contributed by atoms with Crippen LogP contribution in [0.15, 0.2) is 60.7 Å². The maximum absolute atomic E-state index is 10.3. The van der Waals surface area contributed by atoms with Crippen molar-refractivity contribution in [1.29, 1.82) is 0 Å². The number of aliphatic hydroxyl groups is 1.